The first-order valence-electron chi connectivity index (χ1n) is 10.6. The summed E-state index contributed by atoms with van der Waals surface area (Å²) in [4.78, 5) is 13.3. The summed E-state index contributed by atoms with van der Waals surface area (Å²) in [5.74, 6) is 4.86. The molecule has 1 saturated heterocycles. The van der Waals surface area contributed by atoms with Crippen LogP contribution in [0.15, 0.2) is 36.4 Å². The number of rotatable bonds is 2. The van der Waals surface area contributed by atoms with Crippen molar-refractivity contribution in [1.29, 1.82) is 0 Å². The minimum absolute atomic E-state index is 0.0380. The maximum absolute atomic E-state index is 14.3. The zero-order valence-corrected chi connectivity index (χ0v) is 19.2. The number of hydrogen-bond acceptors (Lipinski definition) is 2. The summed E-state index contributed by atoms with van der Waals surface area (Å²) in [5.41, 5.74) is 1.90. The van der Waals surface area contributed by atoms with Gasteiger partial charge < -0.3 is 5.11 Å². The second-order valence-corrected chi connectivity index (χ2v) is 8.44. The third-order valence-electron chi connectivity index (χ3n) is 5.90. The Hall–Kier alpha value is -2.06. The van der Waals surface area contributed by atoms with E-state index in [2.05, 4.69) is 28.9 Å². The standard InChI is InChI=1S/C23H20Cl2FNO2.C2H6/c24-19-2-1-3-20(25)18(19)8-5-15-4-7-17-16(14-15)6-9-21(17)27-12-10-23(26,11-13-27)22(28)29;1-2/h1-4,7,14,21H,6,9-13H2,(H,28,29);1-2H3. The highest BCUT2D eigenvalue weighted by Gasteiger charge is 2.43. The summed E-state index contributed by atoms with van der Waals surface area (Å²) in [6.45, 7) is 4.92. The Morgan fingerprint density at radius 1 is 1.13 bits per heavy atom. The number of carboxylic acids is 1. The van der Waals surface area contributed by atoms with E-state index in [0.29, 0.717) is 28.7 Å². The average Bonchev–Trinajstić information content (AvgIpc) is 3.18. The van der Waals surface area contributed by atoms with Crippen molar-refractivity contribution >= 4 is 29.2 Å². The highest BCUT2D eigenvalue weighted by Crippen LogP contribution is 2.39. The molecule has 1 heterocycles. The minimum atomic E-state index is -2.09. The van der Waals surface area contributed by atoms with E-state index in [-0.39, 0.29) is 18.9 Å². The molecule has 1 aliphatic heterocycles. The first kappa shape index (κ1) is 23.6. The lowest BCUT2D eigenvalue weighted by Gasteiger charge is -2.37. The van der Waals surface area contributed by atoms with Gasteiger partial charge in [-0.15, -0.1) is 0 Å². The van der Waals surface area contributed by atoms with E-state index in [1.165, 1.54) is 11.1 Å². The van der Waals surface area contributed by atoms with Crippen molar-refractivity contribution in [3.05, 3.63) is 68.7 Å². The number of halogens is 3. The van der Waals surface area contributed by atoms with E-state index in [9.17, 15) is 9.18 Å². The summed E-state index contributed by atoms with van der Waals surface area (Å²) < 4.78 is 14.3. The number of hydrogen-bond donors (Lipinski definition) is 1. The van der Waals surface area contributed by atoms with Gasteiger partial charge in [-0.05, 0) is 48.2 Å². The Morgan fingerprint density at radius 2 is 1.77 bits per heavy atom. The fourth-order valence-corrected chi connectivity index (χ4v) is 4.70. The molecule has 1 fully saturated rings. The SMILES string of the molecule is CC.O=C(O)C1(F)CCN(C2CCc3cc(C#Cc4c(Cl)cccc4Cl)ccc32)CC1. The van der Waals surface area contributed by atoms with Gasteiger partial charge in [0.05, 0.1) is 15.6 Å². The van der Waals surface area contributed by atoms with Gasteiger partial charge in [-0.25, -0.2) is 9.18 Å². The fraction of sp³-hybridized carbons (Fsp3) is 0.400. The van der Waals surface area contributed by atoms with Gasteiger partial charge in [0, 0.05) is 37.5 Å². The number of benzene rings is 2. The van der Waals surface area contributed by atoms with Crippen molar-refractivity contribution in [3.8, 4) is 11.8 Å². The van der Waals surface area contributed by atoms with Crippen LogP contribution in [0.3, 0.4) is 0 Å². The van der Waals surface area contributed by atoms with Gasteiger partial charge in [0.15, 0.2) is 0 Å². The summed E-state index contributed by atoms with van der Waals surface area (Å²) in [7, 11) is 0. The Kier molecular flexibility index (Phi) is 7.64. The van der Waals surface area contributed by atoms with E-state index in [1.54, 1.807) is 18.2 Å². The number of alkyl halides is 1. The Balaban J connectivity index is 0.00000132. The average molecular weight is 462 g/mol. The maximum atomic E-state index is 14.3. The molecule has 0 bridgehead atoms. The molecule has 0 spiro atoms. The first-order chi connectivity index (χ1) is 14.9. The maximum Gasteiger partial charge on any atom is 0.341 e. The van der Waals surface area contributed by atoms with E-state index in [1.807, 2.05) is 19.9 Å². The van der Waals surface area contributed by atoms with Crippen molar-refractivity contribution in [2.24, 2.45) is 0 Å². The van der Waals surface area contributed by atoms with Gasteiger partial charge in [-0.1, -0.05) is 61.0 Å². The van der Waals surface area contributed by atoms with Gasteiger partial charge in [0.2, 0.25) is 5.67 Å². The lowest BCUT2D eigenvalue weighted by Crippen LogP contribution is -2.47. The van der Waals surface area contributed by atoms with Crippen LogP contribution in [0.4, 0.5) is 4.39 Å². The van der Waals surface area contributed by atoms with Crippen molar-refractivity contribution in [2.45, 2.75) is 51.2 Å². The van der Waals surface area contributed by atoms with Crippen LogP contribution in [0.25, 0.3) is 0 Å². The second kappa shape index (κ2) is 10.0. The van der Waals surface area contributed by atoms with Crippen LogP contribution < -0.4 is 0 Å². The largest absolute Gasteiger partial charge is 0.479 e. The molecular weight excluding hydrogens is 436 g/mol. The lowest BCUT2D eigenvalue weighted by molar-refractivity contribution is -0.154. The molecule has 0 amide bonds. The first-order valence-corrected chi connectivity index (χ1v) is 11.4. The third-order valence-corrected chi connectivity index (χ3v) is 6.53. The zero-order chi connectivity index (χ0) is 22.6. The normalized spacial score (nSPS) is 19.5. The molecule has 31 heavy (non-hydrogen) atoms. The summed E-state index contributed by atoms with van der Waals surface area (Å²) in [6.07, 6.45) is 1.96. The quantitative estimate of drug-likeness (QED) is 0.533. The summed E-state index contributed by atoms with van der Waals surface area (Å²) >= 11 is 12.4. The van der Waals surface area contributed by atoms with Crippen LogP contribution in [-0.2, 0) is 11.2 Å². The van der Waals surface area contributed by atoms with Gasteiger partial charge in [-0.3, -0.25) is 4.90 Å². The Labute approximate surface area is 193 Å². The van der Waals surface area contributed by atoms with Crippen molar-refractivity contribution in [2.75, 3.05) is 13.1 Å². The van der Waals surface area contributed by atoms with E-state index >= 15 is 0 Å². The molecule has 4 rings (SSSR count). The molecule has 0 radical (unpaired) electrons. The van der Waals surface area contributed by atoms with Crippen molar-refractivity contribution < 1.29 is 14.3 Å². The number of likely N-dealkylation sites (tertiary alicyclic amines) is 1. The molecule has 2 aromatic rings. The summed E-state index contributed by atoms with van der Waals surface area (Å²) in [6, 6.07) is 11.7. The lowest BCUT2D eigenvalue weighted by atomic mass is 9.91. The molecule has 0 aromatic heterocycles. The molecule has 1 unspecified atom stereocenters. The number of aliphatic carboxylic acids is 1. The van der Waals surface area contributed by atoms with Crippen LogP contribution >= 0.6 is 23.2 Å². The minimum Gasteiger partial charge on any atom is -0.479 e. The predicted molar refractivity (Wildman–Crippen MR) is 124 cm³/mol. The fourth-order valence-electron chi connectivity index (χ4n) is 4.21. The molecule has 6 heteroatoms. The van der Waals surface area contributed by atoms with Gasteiger partial charge in [0.25, 0.3) is 0 Å². The van der Waals surface area contributed by atoms with Crippen LogP contribution in [0.1, 0.15) is 61.4 Å². The zero-order valence-electron chi connectivity index (χ0n) is 17.7. The molecule has 0 saturated carbocycles. The number of carbonyl (C=O) groups is 1. The van der Waals surface area contributed by atoms with Crippen molar-refractivity contribution in [3.63, 3.8) is 0 Å². The topological polar surface area (TPSA) is 40.5 Å². The third kappa shape index (κ3) is 5.06. The molecule has 2 aliphatic rings. The highest BCUT2D eigenvalue weighted by molar-refractivity contribution is 6.36. The molecule has 1 N–H and O–H groups in total. The van der Waals surface area contributed by atoms with Crippen LogP contribution in [0.2, 0.25) is 10.0 Å². The molecule has 3 nitrogen and oxygen atoms in total. The molecule has 164 valence electrons. The Morgan fingerprint density at radius 3 is 2.39 bits per heavy atom. The molecule has 1 atom stereocenters. The number of aryl methyl sites for hydroxylation is 1. The number of nitrogens with zero attached hydrogens (tertiary/aromatic N) is 1. The molecular formula is C25H26Cl2FNO2. The van der Waals surface area contributed by atoms with Gasteiger partial charge in [-0.2, -0.15) is 0 Å². The van der Waals surface area contributed by atoms with Gasteiger partial charge >= 0.3 is 5.97 Å². The van der Waals surface area contributed by atoms with Crippen molar-refractivity contribution in [1.82, 2.24) is 4.90 Å². The number of fused-ring (bicyclic) bond motifs is 1. The van der Waals surface area contributed by atoms with E-state index in [4.69, 9.17) is 28.3 Å². The number of carboxylic acid groups (broad SMARTS) is 1. The van der Waals surface area contributed by atoms with Crippen LogP contribution in [-0.4, -0.2) is 34.7 Å². The number of piperidine rings is 1. The molecule has 2 aromatic carbocycles. The Bertz CT molecular complexity index is 1000. The van der Waals surface area contributed by atoms with E-state index in [0.717, 1.165) is 18.4 Å². The highest BCUT2D eigenvalue weighted by atomic mass is 35.5. The second-order valence-electron chi connectivity index (χ2n) is 7.62. The van der Waals surface area contributed by atoms with E-state index < -0.39 is 11.6 Å². The van der Waals surface area contributed by atoms with Crippen LogP contribution in [0, 0.1) is 11.8 Å². The smallest absolute Gasteiger partial charge is 0.341 e. The van der Waals surface area contributed by atoms with Crippen LogP contribution in [0.5, 0.6) is 0 Å². The monoisotopic (exact) mass is 461 g/mol. The molecule has 1 aliphatic carbocycles. The predicted octanol–water partition coefficient (Wildman–Crippen LogP) is 6.30. The summed E-state index contributed by atoms with van der Waals surface area (Å²) in [5, 5.41) is 10.1. The van der Waals surface area contributed by atoms with Gasteiger partial charge in [0.1, 0.15) is 0 Å².